The summed E-state index contributed by atoms with van der Waals surface area (Å²) >= 11 is 0. The predicted octanol–water partition coefficient (Wildman–Crippen LogP) is 2.69. The second-order valence-corrected chi connectivity index (χ2v) is 4.78. The lowest BCUT2D eigenvalue weighted by Gasteiger charge is -2.08. The standard InChI is InChI=1S/C10H16/c1-6-4-9(6)8-3-2-7-5-10(7)8/h6-10H,2-5H2,1H3. The van der Waals surface area contributed by atoms with E-state index in [-0.39, 0.29) is 0 Å². The monoisotopic (exact) mass is 136 g/mol. The molecule has 10 heavy (non-hydrogen) atoms. The topological polar surface area (TPSA) is 0 Å². The van der Waals surface area contributed by atoms with Crippen LogP contribution >= 0.6 is 0 Å². The Kier molecular flexibility index (Phi) is 0.898. The van der Waals surface area contributed by atoms with Gasteiger partial charge in [0, 0.05) is 0 Å². The second kappa shape index (κ2) is 1.60. The molecule has 0 amide bonds. The van der Waals surface area contributed by atoms with Gasteiger partial charge in [-0.3, -0.25) is 0 Å². The Labute approximate surface area is 63.0 Å². The quantitative estimate of drug-likeness (QED) is 0.520. The summed E-state index contributed by atoms with van der Waals surface area (Å²) in [7, 11) is 0. The molecule has 3 aliphatic rings. The van der Waals surface area contributed by atoms with Gasteiger partial charge in [0.25, 0.3) is 0 Å². The van der Waals surface area contributed by atoms with Gasteiger partial charge in [-0.1, -0.05) is 6.92 Å². The number of fused-ring (bicyclic) bond motifs is 1. The van der Waals surface area contributed by atoms with E-state index >= 15 is 0 Å². The Balaban J connectivity index is 1.71. The molecule has 0 N–H and O–H groups in total. The van der Waals surface area contributed by atoms with Gasteiger partial charge in [0.05, 0.1) is 0 Å². The minimum Gasteiger partial charge on any atom is -0.0622 e. The number of rotatable bonds is 1. The van der Waals surface area contributed by atoms with E-state index in [0.717, 1.165) is 5.92 Å². The molecule has 0 heterocycles. The van der Waals surface area contributed by atoms with Crippen molar-refractivity contribution in [3.05, 3.63) is 0 Å². The van der Waals surface area contributed by atoms with Crippen molar-refractivity contribution in [2.45, 2.75) is 32.6 Å². The normalized spacial score (nSPS) is 63.9. The van der Waals surface area contributed by atoms with Crippen LogP contribution in [0.25, 0.3) is 0 Å². The predicted molar refractivity (Wildman–Crippen MR) is 41.6 cm³/mol. The highest BCUT2D eigenvalue weighted by molar-refractivity contribution is 5.04. The third-order valence-electron chi connectivity index (χ3n) is 4.12. The molecule has 0 aromatic heterocycles. The van der Waals surface area contributed by atoms with Crippen LogP contribution in [0.15, 0.2) is 0 Å². The summed E-state index contributed by atoms with van der Waals surface area (Å²) in [5.41, 5.74) is 0. The summed E-state index contributed by atoms with van der Waals surface area (Å²) in [6, 6.07) is 0. The Hall–Kier alpha value is 0. The molecule has 56 valence electrons. The summed E-state index contributed by atoms with van der Waals surface area (Å²) in [6.45, 7) is 2.43. The van der Waals surface area contributed by atoms with E-state index in [9.17, 15) is 0 Å². The van der Waals surface area contributed by atoms with Crippen LogP contribution in [0.2, 0.25) is 0 Å². The van der Waals surface area contributed by atoms with E-state index in [2.05, 4.69) is 6.92 Å². The lowest BCUT2D eigenvalue weighted by Crippen LogP contribution is -2.01. The lowest BCUT2D eigenvalue weighted by atomic mass is 9.97. The van der Waals surface area contributed by atoms with Crippen molar-refractivity contribution in [3.63, 3.8) is 0 Å². The largest absolute Gasteiger partial charge is 0.0622 e. The van der Waals surface area contributed by atoms with E-state index in [1.807, 2.05) is 0 Å². The summed E-state index contributed by atoms with van der Waals surface area (Å²) in [5, 5.41) is 0. The van der Waals surface area contributed by atoms with Gasteiger partial charge in [-0.25, -0.2) is 0 Å². The van der Waals surface area contributed by atoms with Crippen LogP contribution in [-0.2, 0) is 0 Å². The lowest BCUT2D eigenvalue weighted by molar-refractivity contribution is 0.403. The van der Waals surface area contributed by atoms with E-state index < -0.39 is 0 Å². The zero-order chi connectivity index (χ0) is 6.72. The highest BCUT2D eigenvalue weighted by atomic mass is 14.6. The first-order chi connectivity index (χ1) is 4.86. The van der Waals surface area contributed by atoms with Gasteiger partial charge in [0.15, 0.2) is 0 Å². The Morgan fingerprint density at radius 2 is 1.70 bits per heavy atom. The maximum atomic E-state index is 2.43. The van der Waals surface area contributed by atoms with Crippen molar-refractivity contribution in [2.24, 2.45) is 29.6 Å². The molecule has 0 heteroatoms. The van der Waals surface area contributed by atoms with Gasteiger partial charge in [-0.15, -0.1) is 0 Å². The molecule has 0 radical (unpaired) electrons. The van der Waals surface area contributed by atoms with Gasteiger partial charge < -0.3 is 0 Å². The molecule has 0 spiro atoms. The van der Waals surface area contributed by atoms with E-state index in [0.29, 0.717) is 0 Å². The highest BCUT2D eigenvalue weighted by Gasteiger charge is 2.54. The molecule has 5 unspecified atom stereocenters. The first-order valence-corrected chi connectivity index (χ1v) is 4.86. The molecular weight excluding hydrogens is 120 g/mol. The average molecular weight is 136 g/mol. The molecule has 0 aromatic carbocycles. The van der Waals surface area contributed by atoms with Gasteiger partial charge in [-0.2, -0.15) is 0 Å². The fraction of sp³-hybridized carbons (Fsp3) is 1.00. The molecule has 3 saturated carbocycles. The SMILES string of the molecule is CC1CC1C1CCC2CC21. The number of hydrogen-bond acceptors (Lipinski definition) is 0. The van der Waals surface area contributed by atoms with Crippen molar-refractivity contribution in [3.8, 4) is 0 Å². The zero-order valence-electron chi connectivity index (χ0n) is 6.72. The van der Waals surface area contributed by atoms with Gasteiger partial charge in [0.1, 0.15) is 0 Å². The average Bonchev–Trinajstić information content (AvgIpc) is 2.79. The fourth-order valence-corrected chi connectivity index (χ4v) is 3.23. The van der Waals surface area contributed by atoms with Crippen molar-refractivity contribution < 1.29 is 0 Å². The third-order valence-corrected chi connectivity index (χ3v) is 4.12. The Bertz CT molecular complexity index is 161. The van der Waals surface area contributed by atoms with Crippen LogP contribution < -0.4 is 0 Å². The van der Waals surface area contributed by atoms with Gasteiger partial charge >= 0.3 is 0 Å². The molecule has 0 bridgehead atoms. The van der Waals surface area contributed by atoms with Crippen molar-refractivity contribution in [1.29, 1.82) is 0 Å². The second-order valence-electron chi connectivity index (χ2n) is 4.78. The molecule has 0 nitrogen and oxygen atoms in total. The van der Waals surface area contributed by atoms with Crippen LogP contribution in [0.3, 0.4) is 0 Å². The Morgan fingerprint density at radius 1 is 0.900 bits per heavy atom. The van der Waals surface area contributed by atoms with Crippen molar-refractivity contribution in [2.75, 3.05) is 0 Å². The van der Waals surface area contributed by atoms with Gasteiger partial charge in [0.2, 0.25) is 0 Å². The summed E-state index contributed by atoms with van der Waals surface area (Å²) in [5.74, 6) is 5.90. The molecule has 5 atom stereocenters. The first-order valence-electron chi connectivity index (χ1n) is 4.86. The van der Waals surface area contributed by atoms with Crippen molar-refractivity contribution in [1.82, 2.24) is 0 Å². The maximum absolute atomic E-state index is 2.43. The van der Waals surface area contributed by atoms with Crippen LogP contribution in [0.5, 0.6) is 0 Å². The fourth-order valence-electron chi connectivity index (χ4n) is 3.23. The van der Waals surface area contributed by atoms with E-state index in [1.165, 1.54) is 23.7 Å². The summed E-state index contributed by atoms with van der Waals surface area (Å²) < 4.78 is 0. The van der Waals surface area contributed by atoms with Crippen molar-refractivity contribution >= 4 is 0 Å². The molecule has 0 aliphatic heterocycles. The molecule has 3 aliphatic carbocycles. The van der Waals surface area contributed by atoms with E-state index in [4.69, 9.17) is 0 Å². The number of hydrogen-bond donors (Lipinski definition) is 0. The minimum absolute atomic E-state index is 1.10. The van der Waals surface area contributed by atoms with Crippen LogP contribution in [-0.4, -0.2) is 0 Å². The molecule has 0 aromatic rings. The summed E-state index contributed by atoms with van der Waals surface area (Å²) in [4.78, 5) is 0. The molecule has 3 rings (SSSR count). The third kappa shape index (κ3) is 0.627. The molecule has 0 saturated heterocycles. The molecular formula is C10H16. The van der Waals surface area contributed by atoms with E-state index in [1.54, 1.807) is 25.7 Å². The smallest absolute Gasteiger partial charge is 0.0352 e. The van der Waals surface area contributed by atoms with Crippen LogP contribution in [0.4, 0.5) is 0 Å². The minimum atomic E-state index is 1.10. The maximum Gasteiger partial charge on any atom is -0.0352 e. The highest BCUT2D eigenvalue weighted by Crippen LogP contribution is 2.63. The van der Waals surface area contributed by atoms with Crippen LogP contribution in [0.1, 0.15) is 32.6 Å². The summed E-state index contributed by atoms with van der Waals surface area (Å²) in [6.07, 6.45) is 6.34. The molecule has 3 fully saturated rings. The first kappa shape index (κ1) is 5.62. The van der Waals surface area contributed by atoms with Gasteiger partial charge in [-0.05, 0) is 55.3 Å². The zero-order valence-corrected chi connectivity index (χ0v) is 6.72. The Morgan fingerprint density at radius 3 is 2.10 bits per heavy atom. The van der Waals surface area contributed by atoms with Crippen LogP contribution in [0, 0.1) is 29.6 Å².